The lowest BCUT2D eigenvalue weighted by Gasteiger charge is -2.22. The van der Waals surface area contributed by atoms with E-state index in [4.69, 9.17) is 0 Å². The Morgan fingerprint density at radius 2 is 1.56 bits per heavy atom. The van der Waals surface area contributed by atoms with Gasteiger partial charge < -0.3 is 5.32 Å². The lowest BCUT2D eigenvalue weighted by molar-refractivity contribution is 0.0962. The molecule has 0 atom stereocenters. The van der Waals surface area contributed by atoms with Crippen LogP contribution < -0.4 is 5.32 Å². The number of carbonyl (C=O) groups is 1. The van der Waals surface area contributed by atoms with E-state index in [2.05, 4.69) is 38.2 Å². The van der Waals surface area contributed by atoms with Crippen LogP contribution in [-0.2, 0) is 5.41 Å². The number of benzene rings is 1. The molecule has 1 N–H and O–H groups in total. The van der Waals surface area contributed by atoms with Crippen LogP contribution >= 0.6 is 0 Å². The van der Waals surface area contributed by atoms with E-state index in [1.807, 2.05) is 13.8 Å². The van der Waals surface area contributed by atoms with Gasteiger partial charge in [0.25, 0.3) is 5.91 Å². The number of aryl methyl sites for hydroxylation is 2. The van der Waals surface area contributed by atoms with E-state index in [-0.39, 0.29) is 11.3 Å². The molecule has 2 nitrogen and oxygen atoms in total. The van der Waals surface area contributed by atoms with E-state index in [1.165, 1.54) is 5.56 Å². The van der Waals surface area contributed by atoms with Crippen LogP contribution in [-0.4, -0.2) is 13.0 Å². The Bertz CT molecular complexity index is 390. The van der Waals surface area contributed by atoms with E-state index in [1.54, 1.807) is 7.05 Å². The Morgan fingerprint density at radius 3 is 1.88 bits per heavy atom. The summed E-state index contributed by atoms with van der Waals surface area (Å²) in [5.74, 6) is -0.00420. The number of amides is 1. The molecule has 0 bridgehead atoms. The van der Waals surface area contributed by atoms with Gasteiger partial charge in [-0.3, -0.25) is 4.79 Å². The molecular formula is C14H21NO. The highest BCUT2D eigenvalue weighted by atomic mass is 16.1. The molecular weight excluding hydrogens is 198 g/mol. The van der Waals surface area contributed by atoms with E-state index in [9.17, 15) is 4.79 Å². The average molecular weight is 219 g/mol. The molecule has 0 aliphatic rings. The van der Waals surface area contributed by atoms with Gasteiger partial charge in [0.15, 0.2) is 0 Å². The minimum atomic E-state index is -0.00420. The molecule has 0 aliphatic carbocycles. The molecule has 0 heterocycles. The standard InChI is InChI=1S/C14H21NO/c1-9-7-11(14(3,4)5)8-10(2)12(9)13(16)15-6/h7-8H,1-6H3,(H,15,16). The number of hydrogen-bond donors (Lipinski definition) is 1. The van der Waals surface area contributed by atoms with Crippen LogP contribution in [0.5, 0.6) is 0 Å². The first-order valence-corrected chi connectivity index (χ1v) is 5.61. The molecule has 88 valence electrons. The SMILES string of the molecule is CNC(=O)c1c(C)cc(C(C)(C)C)cc1C. The van der Waals surface area contributed by atoms with E-state index in [0.717, 1.165) is 16.7 Å². The minimum absolute atomic E-state index is 0.00420. The van der Waals surface area contributed by atoms with E-state index >= 15 is 0 Å². The number of hydrogen-bond acceptors (Lipinski definition) is 1. The highest BCUT2D eigenvalue weighted by Crippen LogP contribution is 2.26. The average Bonchev–Trinajstić information content (AvgIpc) is 2.14. The fourth-order valence-corrected chi connectivity index (χ4v) is 1.88. The zero-order chi connectivity index (χ0) is 12.5. The maximum Gasteiger partial charge on any atom is 0.251 e. The Balaban J connectivity index is 3.34. The molecule has 0 unspecified atom stereocenters. The summed E-state index contributed by atoms with van der Waals surface area (Å²) in [5, 5.41) is 2.68. The highest BCUT2D eigenvalue weighted by molar-refractivity contribution is 5.97. The lowest BCUT2D eigenvalue weighted by Crippen LogP contribution is -2.21. The zero-order valence-corrected chi connectivity index (χ0v) is 11.1. The number of nitrogens with one attached hydrogen (secondary N) is 1. The summed E-state index contributed by atoms with van der Waals surface area (Å²) < 4.78 is 0. The van der Waals surface area contributed by atoms with Crippen molar-refractivity contribution in [3.05, 3.63) is 34.4 Å². The zero-order valence-electron chi connectivity index (χ0n) is 11.1. The van der Waals surface area contributed by atoms with Crippen molar-refractivity contribution in [2.45, 2.75) is 40.0 Å². The van der Waals surface area contributed by atoms with Crippen LogP contribution in [0.1, 0.15) is 47.8 Å². The van der Waals surface area contributed by atoms with Crippen LogP contribution in [0.15, 0.2) is 12.1 Å². The first-order valence-electron chi connectivity index (χ1n) is 5.61. The third kappa shape index (κ3) is 2.43. The molecule has 1 amide bonds. The van der Waals surface area contributed by atoms with Crippen molar-refractivity contribution in [2.75, 3.05) is 7.05 Å². The van der Waals surface area contributed by atoms with Gasteiger partial charge >= 0.3 is 0 Å². The maximum atomic E-state index is 11.7. The van der Waals surface area contributed by atoms with Gasteiger partial charge in [0.2, 0.25) is 0 Å². The van der Waals surface area contributed by atoms with Crippen molar-refractivity contribution in [3.63, 3.8) is 0 Å². The molecule has 0 radical (unpaired) electrons. The largest absolute Gasteiger partial charge is 0.355 e. The quantitative estimate of drug-likeness (QED) is 0.773. The predicted octanol–water partition coefficient (Wildman–Crippen LogP) is 2.96. The van der Waals surface area contributed by atoms with Gasteiger partial charge in [-0.1, -0.05) is 32.9 Å². The summed E-state index contributed by atoms with van der Waals surface area (Å²) in [4.78, 5) is 11.7. The number of carbonyl (C=O) groups excluding carboxylic acids is 1. The van der Waals surface area contributed by atoms with Gasteiger partial charge in [-0.05, 0) is 36.0 Å². The van der Waals surface area contributed by atoms with Crippen molar-refractivity contribution < 1.29 is 4.79 Å². The summed E-state index contributed by atoms with van der Waals surface area (Å²) in [6.07, 6.45) is 0. The summed E-state index contributed by atoms with van der Waals surface area (Å²) in [6.45, 7) is 10.5. The molecule has 0 aromatic heterocycles. The van der Waals surface area contributed by atoms with Crippen LogP contribution in [0.4, 0.5) is 0 Å². The molecule has 0 saturated carbocycles. The first kappa shape index (κ1) is 12.8. The van der Waals surface area contributed by atoms with Gasteiger partial charge in [0.1, 0.15) is 0 Å². The monoisotopic (exact) mass is 219 g/mol. The second kappa shape index (κ2) is 4.28. The normalized spacial score (nSPS) is 11.4. The van der Waals surface area contributed by atoms with Crippen molar-refractivity contribution in [3.8, 4) is 0 Å². The van der Waals surface area contributed by atoms with Crippen molar-refractivity contribution in [1.29, 1.82) is 0 Å². The Labute approximate surface area is 98.1 Å². The van der Waals surface area contributed by atoms with Crippen molar-refractivity contribution in [1.82, 2.24) is 5.32 Å². The third-order valence-corrected chi connectivity index (χ3v) is 2.85. The molecule has 0 saturated heterocycles. The van der Waals surface area contributed by atoms with Gasteiger partial charge in [-0.25, -0.2) is 0 Å². The fraction of sp³-hybridized carbons (Fsp3) is 0.500. The molecule has 1 aromatic rings. The fourth-order valence-electron chi connectivity index (χ4n) is 1.88. The second-order valence-corrected chi connectivity index (χ2v) is 5.31. The third-order valence-electron chi connectivity index (χ3n) is 2.85. The Kier molecular flexibility index (Phi) is 3.41. The summed E-state index contributed by atoms with van der Waals surface area (Å²) in [5.41, 5.74) is 4.29. The second-order valence-electron chi connectivity index (χ2n) is 5.31. The Hall–Kier alpha value is -1.31. The molecule has 0 aliphatic heterocycles. The van der Waals surface area contributed by atoms with Crippen LogP contribution in [0.25, 0.3) is 0 Å². The molecule has 0 fully saturated rings. The topological polar surface area (TPSA) is 29.1 Å². The highest BCUT2D eigenvalue weighted by Gasteiger charge is 2.18. The molecule has 2 heteroatoms. The lowest BCUT2D eigenvalue weighted by atomic mass is 9.83. The van der Waals surface area contributed by atoms with Crippen LogP contribution in [0, 0.1) is 13.8 Å². The van der Waals surface area contributed by atoms with Gasteiger partial charge in [0, 0.05) is 12.6 Å². The minimum Gasteiger partial charge on any atom is -0.355 e. The smallest absolute Gasteiger partial charge is 0.251 e. The van der Waals surface area contributed by atoms with E-state index < -0.39 is 0 Å². The summed E-state index contributed by atoms with van der Waals surface area (Å²) in [7, 11) is 1.67. The molecule has 16 heavy (non-hydrogen) atoms. The van der Waals surface area contributed by atoms with Crippen molar-refractivity contribution >= 4 is 5.91 Å². The Morgan fingerprint density at radius 1 is 1.12 bits per heavy atom. The number of rotatable bonds is 1. The van der Waals surface area contributed by atoms with Gasteiger partial charge in [-0.15, -0.1) is 0 Å². The van der Waals surface area contributed by atoms with Gasteiger partial charge in [-0.2, -0.15) is 0 Å². The van der Waals surface area contributed by atoms with Crippen molar-refractivity contribution in [2.24, 2.45) is 0 Å². The first-order chi connectivity index (χ1) is 7.27. The van der Waals surface area contributed by atoms with Gasteiger partial charge in [0.05, 0.1) is 0 Å². The molecule has 0 spiro atoms. The van der Waals surface area contributed by atoms with E-state index in [0.29, 0.717) is 0 Å². The molecule has 1 rings (SSSR count). The van der Waals surface area contributed by atoms with Crippen LogP contribution in [0.2, 0.25) is 0 Å². The maximum absolute atomic E-state index is 11.7. The summed E-state index contributed by atoms with van der Waals surface area (Å²) >= 11 is 0. The predicted molar refractivity (Wildman–Crippen MR) is 68.0 cm³/mol. The van der Waals surface area contributed by atoms with Crippen LogP contribution in [0.3, 0.4) is 0 Å². The molecule has 1 aromatic carbocycles. The summed E-state index contributed by atoms with van der Waals surface area (Å²) in [6, 6.07) is 4.22.